The molecule has 0 amide bonds. The first-order chi connectivity index (χ1) is 10.4. The van der Waals surface area contributed by atoms with Crippen LogP contribution in [0.25, 0.3) is 0 Å². The van der Waals surface area contributed by atoms with E-state index in [0.29, 0.717) is 35.2 Å². The third kappa shape index (κ3) is 1.73. The molecule has 4 saturated carbocycles. The second kappa shape index (κ2) is 4.55. The van der Waals surface area contributed by atoms with Crippen LogP contribution in [0.1, 0.15) is 65.2 Å². The Morgan fingerprint density at radius 3 is 2.55 bits per heavy atom. The first-order valence-electron chi connectivity index (χ1n) is 9.09. The summed E-state index contributed by atoms with van der Waals surface area (Å²) < 4.78 is 0. The number of carbonyl (C=O) groups is 2. The van der Waals surface area contributed by atoms with Crippen LogP contribution in [0.15, 0.2) is 12.2 Å². The summed E-state index contributed by atoms with van der Waals surface area (Å²) in [6, 6.07) is 0. The largest absolute Gasteiger partial charge is 0.300 e. The van der Waals surface area contributed by atoms with E-state index in [1.807, 2.05) is 0 Å². The second-order valence-electron chi connectivity index (χ2n) is 8.96. The van der Waals surface area contributed by atoms with Crippen molar-refractivity contribution in [2.45, 2.75) is 65.2 Å². The molecule has 0 N–H and O–H groups in total. The lowest BCUT2D eigenvalue weighted by Crippen LogP contribution is -2.54. The highest BCUT2D eigenvalue weighted by molar-refractivity contribution is 5.87. The van der Waals surface area contributed by atoms with Crippen LogP contribution in [0.2, 0.25) is 0 Å². The summed E-state index contributed by atoms with van der Waals surface area (Å²) in [4.78, 5) is 24.4. The van der Waals surface area contributed by atoms with Crippen molar-refractivity contribution in [3.8, 4) is 0 Å². The maximum Gasteiger partial charge on any atom is 0.139 e. The highest BCUT2D eigenvalue weighted by atomic mass is 16.1. The van der Waals surface area contributed by atoms with Gasteiger partial charge in [0.05, 0.1) is 0 Å². The lowest BCUT2D eigenvalue weighted by atomic mass is 9.44. The van der Waals surface area contributed by atoms with Crippen molar-refractivity contribution in [2.24, 2.45) is 34.5 Å². The van der Waals surface area contributed by atoms with Crippen molar-refractivity contribution >= 4 is 11.6 Å². The molecule has 4 aliphatic carbocycles. The summed E-state index contributed by atoms with van der Waals surface area (Å²) in [6.07, 6.45) is 7.70. The van der Waals surface area contributed by atoms with Gasteiger partial charge in [-0.2, -0.15) is 0 Å². The fourth-order valence-corrected chi connectivity index (χ4v) is 6.81. The van der Waals surface area contributed by atoms with E-state index in [-0.39, 0.29) is 10.8 Å². The average molecular weight is 300 g/mol. The maximum absolute atomic E-state index is 12.4. The van der Waals surface area contributed by atoms with Crippen LogP contribution in [0, 0.1) is 34.5 Å². The van der Waals surface area contributed by atoms with E-state index in [4.69, 9.17) is 0 Å². The zero-order valence-corrected chi connectivity index (χ0v) is 14.0. The lowest BCUT2D eigenvalue weighted by molar-refractivity contribution is -0.138. The molecule has 0 aromatic carbocycles. The van der Waals surface area contributed by atoms with Crippen LogP contribution in [-0.4, -0.2) is 11.6 Å². The van der Waals surface area contributed by atoms with E-state index in [1.54, 1.807) is 0 Å². The molecule has 4 fully saturated rings. The van der Waals surface area contributed by atoms with Crippen molar-refractivity contribution in [1.29, 1.82) is 0 Å². The van der Waals surface area contributed by atoms with Crippen molar-refractivity contribution in [1.82, 2.24) is 0 Å². The van der Waals surface area contributed by atoms with Crippen LogP contribution in [-0.2, 0) is 9.59 Å². The molecule has 0 aliphatic heterocycles. The molecule has 22 heavy (non-hydrogen) atoms. The van der Waals surface area contributed by atoms with Gasteiger partial charge in [-0.3, -0.25) is 9.59 Å². The minimum atomic E-state index is -0.0604. The van der Waals surface area contributed by atoms with Gasteiger partial charge in [-0.15, -0.1) is 0 Å². The standard InChI is InChI=1S/C20H28O2/c1-12-10-14-15-4-5-18(22)20(15,3)9-7-16(14)19(2)8-6-13(21)11-17(12)19/h14-17H,1,4-11H2,2-3H3/t14?,15?,16?,17?,19-,20+/m1/s1. The Morgan fingerprint density at radius 1 is 1.00 bits per heavy atom. The van der Waals surface area contributed by atoms with Crippen molar-refractivity contribution in [2.75, 3.05) is 0 Å². The van der Waals surface area contributed by atoms with Crippen LogP contribution < -0.4 is 0 Å². The highest BCUT2D eigenvalue weighted by Gasteiger charge is 2.60. The summed E-state index contributed by atoms with van der Waals surface area (Å²) in [6.45, 7) is 9.04. The summed E-state index contributed by atoms with van der Waals surface area (Å²) >= 11 is 0. The summed E-state index contributed by atoms with van der Waals surface area (Å²) in [5.74, 6) is 3.22. The number of Topliss-reactive ketones (excluding diaryl/α,β-unsaturated/α-hetero) is 2. The minimum absolute atomic E-state index is 0.0604. The van der Waals surface area contributed by atoms with Gasteiger partial charge in [-0.05, 0) is 61.2 Å². The SMILES string of the molecule is C=C1CC2C(CC[C@]3(C)C(=O)CCC23)[C@@]2(C)CCC(=O)CC12. The molecule has 0 radical (unpaired) electrons. The van der Waals surface area contributed by atoms with E-state index in [1.165, 1.54) is 12.0 Å². The Bertz CT molecular complexity index is 562. The highest BCUT2D eigenvalue weighted by Crippen LogP contribution is 2.66. The van der Waals surface area contributed by atoms with Gasteiger partial charge in [-0.1, -0.05) is 26.0 Å². The van der Waals surface area contributed by atoms with Crippen molar-refractivity contribution < 1.29 is 9.59 Å². The number of fused-ring (bicyclic) bond motifs is 5. The number of ketones is 2. The molecule has 0 heterocycles. The molecule has 6 atom stereocenters. The summed E-state index contributed by atoms with van der Waals surface area (Å²) in [7, 11) is 0. The number of hydrogen-bond acceptors (Lipinski definition) is 2. The van der Waals surface area contributed by atoms with Gasteiger partial charge in [0.15, 0.2) is 0 Å². The first kappa shape index (κ1) is 14.7. The smallest absolute Gasteiger partial charge is 0.139 e. The number of rotatable bonds is 0. The Morgan fingerprint density at radius 2 is 1.77 bits per heavy atom. The zero-order chi connectivity index (χ0) is 15.7. The van der Waals surface area contributed by atoms with E-state index in [2.05, 4.69) is 20.4 Å². The molecule has 0 spiro atoms. The van der Waals surface area contributed by atoms with Crippen molar-refractivity contribution in [3.63, 3.8) is 0 Å². The van der Waals surface area contributed by atoms with Gasteiger partial charge in [0.2, 0.25) is 0 Å². The normalized spacial score (nSPS) is 51.3. The van der Waals surface area contributed by atoms with Gasteiger partial charge in [-0.25, -0.2) is 0 Å². The molecule has 0 saturated heterocycles. The van der Waals surface area contributed by atoms with Gasteiger partial charge in [0.1, 0.15) is 11.6 Å². The lowest BCUT2D eigenvalue weighted by Gasteiger charge is -2.59. The third-order valence-corrected chi connectivity index (χ3v) is 8.15. The van der Waals surface area contributed by atoms with E-state index < -0.39 is 0 Å². The predicted octanol–water partition coefficient (Wildman–Crippen LogP) is 4.33. The van der Waals surface area contributed by atoms with Crippen LogP contribution >= 0.6 is 0 Å². The topological polar surface area (TPSA) is 34.1 Å². The molecular weight excluding hydrogens is 272 g/mol. The summed E-state index contributed by atoms with van der Waals surface area (Å²) in [5, 5.41) is 0. The Labute approximate surface area is 133 Å². The second-order valence-corrected chi connectivity index (χ2v) is 8.96. The van der Waals surface area contributed by atoms with Gasteiger partial charge < -0.3 is 0 Å². The quantitative estimate of drug-likeness (QED) is 0.624. The molecular formula is C20H28O2. The minimum Gasteiger partial charge on any atom is -0.300 e. The molecule has 120 valence electrons. The maximum atomic E-state index is 12.4. The van der Waals surface area contributed by atoms with Crippen molar-refractivity contribution in [3.05, 3.63) is 12.2 Å². The Hall–Kier alpha value is -0.920. The molecule has 2 heteroatoms. The van der Waals surface area contributed by atoms with Gasteiger partial charge in [0, 0.05) is 24.7 Å². The molecule has 0 aromatic rings. The molecule has 4 rings (SSSR count). The van der Waals surface area contributed by atoms with Crippen LogP contribution in [0.5, 0.6) is 0 Å². The molecule has 0 bridgehead atoms. The Kier molecular flexibility index (Phi) is 3.03. The fraction of sp³-hybridized carbons (Fsp3) is 0.800. The van der Waals surface area contributed by atoms with Gasteiger partial charge in [0.25, 0.3) is 0 Å². The van der Waals surface area contributed by atoms with Crippen LogP contribution in [0.4, 0.5) is 0 Å². The molecule has 2 nitrogen and oxygen atoms in total. The predicted molar refractivity (Wildman–Crippen MR) is 86.3 cm³/mol. The van der Waals surface area contributed by atoms with Gasteiger partial charge >= 0.3 is 0 Å². The molecule has 4 aliphatic rings. The fourth-order valence-electron chi connectivity index (χ4n) is 6.81. The first-order valence-corrected chi connectivity index (χ1v) is 9.09. The van der Waals surface area contributed by atoms with Crippen LogP contribution in [0.3, 0.4) is 0 Å². The Balaban J connectivity index is 1.71. The molecule has 4 unspecified atom stereocenters. The zero-order valence-electron chi connectivity index (χ0n) is 14.0. The molecule has 0 aromatic heterocycles. The van der Waals surface area contributed by atoms with E-state index >= 15 is 0 Å². The van der Waals surface area contributed by atoms with E-state index in [9.17, 15) is 9.59 Å². The number of allylic oxidation sites excluding steroid dienone is 1. The third-order valence-electron chi connectivity index (χ3n) is 8.15. The number of hydrogen-bond donors (Lipinski definition) is 0. The van der Waals surface area contributed by atoms with E-state index in [0.717, 1.165) is 44.9 Å². The monoisotopic (exact) mass is 300 g/mol. The average Bonchev–Trinajstić information content (AvgIpc) is 2.77. The summed E-state index contributed by atoms with van der Waals surface area (Å²) in [5.41, 5.74) is 1.50. The number of carbonyl (C=O) groups excluding carboxylic acids is 2.